The molecule has 4 rings (SSSR count). The van der Waals surface area contributed by atoms with Crippen LogP contribution in [0.15, 0.2) is 81.4 Å². The Morgan fingerprint density at radius 3 is 2.23 bits per heavy atom. The van der Waals surface area contributed by atoms with Crippen LogP contribution in [0.25, 0.3) is 0 Å². The molecule has 1 aliphatic rings. The molecule has 1 aliphatic heterocycles. The molecular formula is C26H28ClN3O7S2. The summed E-state index contributed by atoms with van der Waals surface area (Å²) >= 11 is 5.91. The molecule has 0 bridgehead atoms. The molecule has 3 aromatic carbocycles. The number of sulfone groups is 1. The minimum absolute atomic E-state index is 0.0418. The second-order valence-corrected chi connectivity index (χ2v) is 12.8. The number of carbonyl (C=O) groups is 1. The molecule has 1 heterocycles. The van der Waals surface area contributed by atoms with Crippen molar-refractivity contribution in [2.24, 2.45) is 0 Å². The first kappa shape index (κ1) is 28.8. The van der Waals surface area contributed by atoms with Crippen molar-refractivity contribution >= 4 is 48.7 Å². The number of ether oxygens (including phenoxy) is 2. The van der Waals surface area contributed by atoms with Gasteiger partial charge in [0.2, 0.25) is 25.8 Å². The van der Waals surface area contributed by atoms with Crippen LogP contribution in [0.4, 0.5) is 11.4 Å². The van der Waals surface area contributed by atoms with Crippen molar-refractivity contribution in [2.45, 2.75) is 21.6 Å². The molecular weight excluding hydrogens is 566 g/mol. The third-order valence-electron chi connectivity index (χ3n) is 5.86. The summed E-state index contributed by atoms with van der Waals surface area (Å²) in [6.45, 7) is 3.15. The Hall–Kier alpha value is -3.16. The normalized spacial score (nSPS) is 14.5. The average Bonchev–Trinajstić information content (AvgIpc) is 2.93. The van der Waals surface area contributed by atoms with E-state index in [2.05, 4.69) is 10.6 Å². The summed E-state index contributed by atoms with van der Waals surface area (Å²) in [6.07, 6.45) is 0. The van der Waals surface area contributed by atoms with Crippen molar-refractivity contribution in [2.75, 3.05) is 50.1 Å². The summed E-state index contributed by atoms with van der Waals surface area (Å²) in [5.74, 6) is -0.0883. The van der Waals surface area contributed by atoms with Gasteiger partial charge in [0, 0.05) is 29.9 Å². The number of sulfonamides is 1. The molecule has 39 heavy (non-hydrogen) atoms. The quantitative estimate of drug-likeness (QED) is 0.364. The van der Waals surface area contributed by atoms with Crippen LogP contribution < -0.4 is 15.4 Å². The third-order valence-corrected chi connectivity index (χ3v) is 9.84. The standard InChI is InChI=1S/C26H28ClN3O7S2/c1-2-37-21-7-12-24(25(17-21)38(32,33)22-8-3-19(27)4-9-22)28-18-26(31)29-20-5-10-23(11-6-20)39(34,35)30-13-15-36-16-14-30/h3-12,17,28H,2,13-16,18H2,1H3,(H,29,31). The number of morpholine rings is 1. The highest BCUT2D eigenvalue weighted by atomic mass is 35.5. The van der Waals surface area contributed by atoms with Crippen molar-refractivity contribution in [3.05, 3.63) is 71.8 Å². The molecule has 3 aromatic rings. The minimum Gasteiger partial charge on any atom is -0.494 e. The van der Waals surface area contributed by atoms with E-state index < -0.39 is 25.8 Å². The first-order valence-electron chi connectivity index (χ1n) is 12.1. The van der Waals surface area contributed by atoms with E-state index in [0.29, 0.717) is 36.3 Å². The highest BCUT2D eigenvalue weighted by molar-refractivity contribution is 7.91. The van der Waals surface area contributed by atoms with Crippen molar-refractivity contribution in [1.82, 2.24) is 4.31 Å². The largest absolute Gasteiger partial charge is 0.494 e. The van der Waals surface area contributed by atoms with E-state index >= 15 is 0 Å². The number of nitrogens with zero attached hydrogens (tertiary/aromatic N) is 1. The van der Waals surface area contributed by atoms with Gasteiger partial charge >= 0.3 is 0 Å². The van der Waals surface area contributed by atoms with Crippen LogP contribution in [-0.2, 0) is 29.4 Å². The van der Waals surface area contributed by atoms with Gasteiger partial charge in [-0.3, -0.25) is 4.79 Å². The first-order valence-corrected chi connectivity index (χ1v) is 15.4. The Morgan fingerprint density at radius 2 is 1.59 bits per heavy atom. The molecule has 2 N–H and O–H groups in total. The second-order valence-electron chi connectivity index (χ2n) is 8.49. The van der Waals surface area contributed by atoms with E-state index in [4.69, 9.17) is 21.1 Å². The van der Waals surface area contributed by atoms with Gasteiger partial charge in [0.1, 0.15) is 5.75 Å². The second kappa shape index (κ2) is 12.3. The number of rotatable bonds is 10. The fourth-order valence-corrected chi connectivity index (χ4v) is 6.88. The molecule has 0 unspecified atom stereocenters. The number of nitrogens with one attached hydrogen (secondary N) is 2. The lowest BCUT2D eigenvalue weighted by molar-refractivity contribution is -0.114. The van der Waals surface area contributed by atoms with E-state index in [-0.39, 0.29) is 40.0 Å². The molecule has 0 radical (unpaired) electrons. The summed E-state index contributed by atoms with van der Waals surface area (Å²) in [5.41, 5.74) is 0.610. The minimum atomic E-state index is -3.96. The van der Waals surface area contributed by atoms with Crippen LogP contribution in [0.5, 0.6) is 5.75 Å². The molecule has 0 spiro atoms. The molecule has 1 amide bonds. The van der Waals surface area contributed by atoms with Crippen LogP contribution in [0.1, 0.15) is 6.92 Å². The molecule has 13 heteroatoms. The van der Waals surface area contributed by atoms with Gasteiger partial charge in [-0.15, -0.1) is 0 Å². The molecule has 10 nitrogen and oxygen atoms in total. The van der Waals surface area contributed by atoms with E-state index in [9.17, 15) is 21.6 Å². The summed E-state index contributed by atoms with van der Waals surface area (Å²) in [4.78, 5) is 12.8. The highest BCUT2D eigenvalue weighted by Gasteiger charge is 2.26. The molecule has 0 saturated carbocycles. The Kier molecular flexibility index (Phi) is 9.13. The van der Waals surface area contributed by atoms with Crippen LogP contribution in [-0.4, -0.2) is 66.5 Å². The Balaban J connectivity index is 1.47. The zero-order chi connectivity index (χ0) is 28.0. The zero-order valence-corrected chi connectivity index (χ0v) is 23.5. The van der Waals surface area contributed by atoms with Crippen LogP contribution in [0, 0.1) is 0 Å². The zero-order valence-electron chi connectivity index (χ0n) is 21.1. The summed E-state index contributed by atoms with van der Waals surface area (Å²) in [6, 6.07) is 16.2. The fourth-order valence-electron chi connectivity index (χ4n) is 3.90. The topological polar surface area (TPSA) is 131 Å². The van der Waals surface area contributed by atoms with E-state index in [1.165, 1.54) is 65.0 Å². The molecule has 1 fully saturated rings. The van der Waals surface area contributed by atoms with Gasteiger partial charge in [-0.25, -0.2) is 16.8 Å². The Labute approximate surface area is 232 Å². The molecule has 0 aliphatic carbocycles. The molecule has 208 valence electrons. The number of benzene rings is 3. The predicted octanol–water partition coefficient (Wildman–Crippen LogP) is 3.64. The van der Waals surface area contributed by atoms with Crippen LogP contribution in [0.3, 0.4) is 0 Å². The lowest BCUT2D eigenvalue weighted by Crippen LogP contribution is -2.40. The van der Waals surface area contributed by atoms with Gasteiger partial charge in [-0.05, 0) is 67.6 Å². The number of halogens is 1. The number of hydrogen-bond donors (Lipinski definition) is 2. The van der Waals surface area contributed by atoms with Crippen molar-refractivity contribution < 1.29 is 31.1 Å². The number of anilines is 2. The van der Waals surface area contributed by atoms with Gasteiger partial charge in [0.25, 0.3) is 0 Å². The molecule has 0 atom stereocenters. The Morgan fingerprint density at radius 1 is 0.949 bits per heavy atom. The van der Waals surface area contributed by atoms with E-state index in [0.717, 1.165) is 0 Å². The van der Waals surface area contributed by atoms with Gasteiger partial charge in [0.15, 0.2) is 0 Å². The Bertz CT molecular complexity index is 1520. The maximum Gasteiger partial charge on any atom is 0.243 e. The highest BCUT2D eigenvalue weighted by Crippen LogP contribution is 2.32. The van der Waals surface area contributed by atoms with Crippen molar-refractivity contribution in [3.8, 4) is 5.75 Å². The van der Waals surface area contributed by atoms with Gasteiger partial charge in [0.05, 0.1) is 46.7 Å². The van der Waals surface area contributed by atoms with Crippen molar-refractivity contribution in [1.29, 1.82) is 0 Å². The lowest BCUT2D eigenvalue weighted by Gasteiger charge is -2.26. The maximum atomic E-state index is 13.4. The summed E-state index contributed by atoms with van der Waals surface area (Å²) < 4.78 is 64.4. The first-order chi connectivity index (χ1) is 18.6. The third kappa shape index (κ3) is 6.89. The predicted molar refractivity (Wildman–Crippen MR) is 148 cm³/mol. The summed E-state index contributed by atoms with van der Waals surface area (Å²) in [7, 11) is -7.62. The lowest BCUT2D eigenvalue weighted by atomic mass is 10.3. The monoisotopic (exact) mass is 593 g/mol. The number of carbonyl (C=O) groups excluding carboxylic acids is 1. The fraction of sp³-hybridized carbons (Fsp3) is 0.269. The number of hydrogen-bond acceptors (Lipinski definition) is 8. The smallest absolute Gasteiger partial charge is 0.243 e. The van der Waals surface area contributed by atoms with Crippen LogP contribution >= 0.6 is 11.6 Å². The van der Waals surface area contributed by atoms with Crippen molar-refractivity contribution in [3.63, 3.8) is 0 Å². The average molecular weight is 594 g/mol. The molecule has 1 saturated heterocycles. The summed E-state index contributed by atoms with van der Waals surface area (Å²) in [5, 5.41) is 5.96. The number of amides is 1. The SMILES string of the molecule is CCOc1ccc(NCC(=O)Nc2ccc(S(=O)(=O)N3CCOCC3)cc2)c(S(=O)(=O)c2ccc(Cl)cc2)c1. The maximum absolute atomic E-state index is 13.4. The van der Waals surface area contributed by atoms with Crippen LogP contribution in [0.2, 0.25) is 5.02 Å². The van der Waals surface area contributed by atoms with E-state index in [1.807, 2.05) is 0 Å². The van der Waals surface area contributed by atoms with E-state index in [1.54, 1.807) is 13.0 Å². The van der Waals surface area contributed by atoms with Gasteiger partial charge in [-0.1, -0.05) is 11.6 Å². The van der Waals surface area contributed by atoms with Gasteiger partial charge in [-0.2, -0.15) is 4.31 Å². The van der Waals surface area contributed by atoms with Gasteiger partial charge < -0.3 is 20.1 Å². The molecule has 0 aromatic heterocycles.